The molecule has 3 amide bonds. The van der Waals surface area contributed by atoms with Crippen molar-refractivity contribution in [3.8, 4) is 0 Å². The largest absolute Gasteiger partial charge is 0.399 e. The Morgan fingerprint density at radius 2 is 1.95 bits per heavy atom. The maximum atomic E-state index is 11.8. The molecule has 0 radical (unpaired) electrons. The number of hydrogen-bond acceptors (Lipinski definition) is 3. The van der Waals surface area contributed by atoms with Crippen molar-refractivity contribution in [1.82, 2.24) is 10.2 Å². The van der Waals surface area contributed by atoms with Gasteiger partial charge in [-0.2, -0.15) is 0 Å². The first kappa shape index (κ1) is 13.2. The van der Waals surface area contributed by atoms with Crippen LogP contribution in [0.1, 0.15) is 12.8 Å². The normalized spacial score (nSPS) is 13.7. The molecule has 6 nitrogen and oxygen atoms in total. The van der Waals surface area contributed by atoms with Crippen LogP contribution in [0.4, 0.5) is 16.2 Å². The number of carbonyl (C=O) groups is 2. The van der Waals surface area contributed by atoms with E-state index in [-0.39, 0.29) is 18.5 Å². The minimum absolute atomic E-state index is 0.0529. The predicted octanol–water partition coefficient (Wildman–Crippen LogP) is 1.01. The standard InChI is InChI=1S/C13H18N4O2/c1-17(8-12(18)15-10-6-7-10)13(19)16-11-4-2-9(14)3-5-11/h2-5,10H,6-8,14H2,1H3,(H,15,18)(H,16,19). The second kappa shape index (κ2) is 5.60. The van der Waals surface area contributed by atoms with Gasteiger partial charge in [-0.05, 0) is 37.1 Å². The lowest BCUT2D eigenvalue weighted by Crippen LogP contribution is -2.40. The van der Waals surface area contributed by atoms with Crippen molar-refractivity contribution in [2.45, 2.75) is 18.9 Å². The molecular weight excluding hydrogens is 244 g/mol. The van der Waals surface area contributed by atoms with Crippen LogP contribution in [-0.4, -0.2) is 36.5 Å². The lowest BCUT2D eigenvalue weighted by Gasteiger charge is -2.17. The van der Waals surface area contributed by atoms with E-state index in [0.717, 1.165) is 12.8 Å². The number of nitrogens with zero attached hydrogens (tertiary/aromatic N) is 1. The minimum atomic E-state index is -0.323. The van der Waals surface area contributed by atoms with Gasteiger partial charge in [-0.15, -0.1) is 0 Å². The first-order valence-corrected chi connectivity index (χ1v) is 6.21. The number of carbonyl (C=O) groups excluding carboxylic acids is 2. The summed E-state index contributed by atoms with van der Waals surface area (Å²) in [5.74, 6) is -0.127. The SMILES string of the molecule is CN(CC(=O)NC1CC1)C(=O)Nc1ccc(N)cc1. The van der Waals surface area contributed by atoms with Gasteiger partial charge in [0, 0.05) is 24.5 Å². The van der Waals surface area contributed by atoms with Crippen LogP contribution in [0.2, 0.25) is 0 Å². The van der Waals surface area contributed by atoms with Crippen LogP contribution in [0.5, 0.6) is 0 Å². The number of anilines is 2. The van der Waals surface area contributed by atoms with Crippen LogP contribution in [0.3, 0.4) is 0 Å². The van der Waals surface area contributed by atoms with Gasteiger partial charge in [0.15, 0.2) is 0 Å². The molecule has 1 aromatic carbocycles. The molecule has 1 saturated carbocycles. The highest BCUT2D eigenvalue weighted by Gasteiger charge is 2.24. The second-order valence-electron chi connectivity index (χ2n) is 4.75. The fourth-order valence-electron chi connectivity index (χ4n) is 1.57. The van der Waals surface area contributed by atoms with Crippen molar-refractivity contribution in [3.63, 3.8) is 0 Å². The number of amides is 3. The van der Waals surface area contributed by atoms with E-state index < -0.39 is 0 Å². The Morgan fingerprint density at radius 1 is 1.32 bits per heavy atom. The molecule has 0 bridgehead atoms. The minimum Gasteiger partial charge on any atom is -0.399 e. The van der Waals surface area contributed by atoms with E-state index >= 15 is 0 Å². The summed E-state index contributed by atoms with van der Waals surface area (Å²) in [5.41, 5.74) is 6.84. The van der Waals surface area contributed by atoms with Gasteiger partial charge in [0.25, 0.3) is 0 Å². The summed E-state index contributed by atoms with van der Waals surface area (Å²) in [6.07, 6.45) is 2.07. The number of urea groups is 1. The molecule has 19 heavy (non-hydrogen) atoms. The molecule has 1 fully saturated rings. The molecule has 1 aliphatic rings. The molecule has 0 unspecified atom stereocenters. The molecule has 0 heterocycles. The first-order chi connectivity index (χ1) is 9.04. The molecule has 6 heteroatoms. The van der Waals surface area contributed by atoms with E-state index in [1.54, 1.807) is 31.3 Å². The number of likely N-dealkylation sites (N-methyl/N-ethyl adjacent to an activating group) is 1. The summed E-state index contributed by atoms with van der Waals surface area (Å²) in [4.78, 5) is 24.7. The van der Waals surface area contributed by atoms with E-state index in [4.69, 9.17) is 5.73 Å². The number of benzene rings is 1. The third-order valence-electron chi connectivity index (χ3n) is 2.83. The van der Waals surface area contributed by atoms with E-state index in [9.17, 15) is 9.59 Å². The quantitative estimate of drug-likeness (QED) is 0.708. The predicted molar refractivity (Wildman–Crippen MR) is 73.7 cm³/mol. The fraction of sp³-hybridized carbons (Fsp3) is 0.385. The maximum Gasteiger partial charge on any atom is 0.322 e. The zero-order chi connectivity index (χ0) is 13.8. The topological polar surface area (TPSA) is 87.5 Å². The third-order valence-corrected chi connectivity index (χ3v) is 2.83. The molecule has 0 atom stereocenters. The zero-order valence-electron chi connectivity index (χ0n) is 10.8. The van der Waals surface area contributed by atoms with Crippen LogP contribution >= 0.6 is 0 Å². The average molecular weight is 262 g/mol. The molecular formula is C13H18N4O2. The Balaban J connectivity index is 1.80. The number of nitrogens with two attached hydrogens (primary N) is 1. The van der Waals surface area contributed by atoms with Crippen molar-refractivity contribution in [2.75, 3.05) is 24.6 Å². The highest BCUT2D eigenvalue weighted by molar-refractivity contribution is 5.92. The molecule has 102 valence electrons. The average Bonchev–Trinajstić information content (AvgIpc) is 3.15. The van der Waals surface area contributed by atoms with Gasteiger partial charge >= 0.3 is 6.03 Å². The Kier molecular flexibility index (Phi) is 3.89. The Hall–Kier alpha value is -2.24. The Bertz CT molecular complexity index is 468. The zero-order valence-corrected chi connectivity index (χ0v) is 10.8. The summed E-state index contributed by atoms with van der Waals surface area (Å²) >= 11 is 0. The lowest BCUT2D eigenvalue weighted by atomic mass is 10.3. The monoisotopic (exact) mass is 262 g/mol. The van der Waals surface area contributed by atoms with Crippen molar-refractivity contribution < 1.29 is 9.59 Å². The van der Waals surface area contributed by atoms with Gasteiger partial charge in [-0.3, -0.25) is 4.79 Å². The molecule has 4 N–H and O–H groups in total. The molecule has 1 aliphatic carbocycles. The van der Waals surface area contributed by atoms with Crippen molar-refractivity contribution in [1.29, 1.82) is 0 Å². The van der Waals surface area contributed by atoms with E-state index in [1.165, 1.54) is 4.90 Å². The van der Waals surface area contributed by atoms with Crippen molar-refractivity contribution in [2.24, 2.45) is 0 Å². The van der Waals surface area contributed by atoms with Crippen LogP contribution < -0.4 is 16.4 Å². The second-order valence-corrected chi connectivity index (χ2v) is 4.75. The molecule has 1 aromatic rings. The van der Waals surface area contributed by atoms with Crippen molar-refractivity contribution in [3.05, 3.63) is 24.3 Å². The smallest absolute Gasteiger partial charge is 0.322 e. The van der Waals surface area contributed by atoms with E-state index in [1.807, 2.05) is 0 Å². The van der Waals surface area contributed by atoms with E-state index in [2.05, 4.69) is 10.6 Å². The number of nitrogen functional groups attached to an aromatic ring is 1. The molecule has 0 aliphatic heterocycles. The van der Waals surface area contributed by atoms with Gasteiger partial charge in [0.05, 0.1) is 0 Å². The maximum absolute atomic E-state index is 11.8. The van der Waals surface area contributed by atoms with Gasteiger partial charge in [0.1, 0.15) is 6.54 Å². The number of rotatable bonds is 4. The Morgan fingerprint density at radius 3 is 2.53 bits per heavy atom. The lowest BCUT2D eigenvalue weighted by molar-refractivity contribution is -0.121. The Labute approximate surface area is 112 Å². The van der Waals surface area contributed by atoms with E-state index in [0.29, 0.717) is 17.4 Å². The van der Waals surface area contributed by atoms with Crippen LogP contribution in [0, 0.1) is 0 Å². The van der Waals surface area contributed by atoms with Gasteiger partial charge in [0.2, 0.25) is 5.91 Å². The molecule has 0 spiro atoms. The summed E-state index contributed by atoms with van der Waals surface area (Å²) in [5, 5.41) is 5.53. The highest BCUT2D eigenvalue weighted by atomic mass is 16.2. The third kappa shape index (κ3) is 4.17. The fourth-order valence-corrected chi connectivity index (χ4v) is 1.57. The highest BCUT2D eigenvalue weighted by Crippen LogP contribution is 2.18. The van der Waals surface area contributed by atoms with Gasteiger partial charge < -0.3 is 21.3 Å². The summed E-state index contributed by atoms with van der Waals surface area (Å²) in [7, 11) is 1.58. The summed E-state index contributed by atoms with van der Waals surface area (Å²) < 4.78 is 0. The molecule has 2 rings (SSSR count). The molecule has 0 aromatic heterocycles. The first-order valence-electron chi connectivity index (χ1n) is 6.21. The van der Waals surface area contributed by atoms with Gasteiger partial charge in [-0.1, -0.05) is 0 Å². The van der Waals surface area contributed by atoms with Crippen LogP contribution in [0.15, 0.2) is 24.3 Å². The van der Waals surface area contributed by atoms with Crippen molar-refractivity contribution >= 4 is 23.3 Å². The molecule has 0 saturated heterocycles. The summed E-state index contributed by atoms with van der Waals surface area (Å²) in [6, 6.07) is 6.82. The summed E-state index contributed by atoms with van der Waals surface area (Å²) in [6.45, 7) is 0.0529. The number of nitrogens with one attached hydrogen (secondary N) is 2. The van der Waals surface area contributed by atoms with Crippen LogP contribution in [-0.2, 0) is 4.79 Å². The number of hydrogen-bond donors (Lipinski definition) is 3. The van der Waals surface area contributed by atoms with Gasteiger partial charge in [-0.25, -0.2) is 4.79 Å². The van der Waals surface area contributed by atoms with Crippen LogP contribution in [0.25, 0.3) is 0 Å².